The van der Waals surface area contributed by atoms with E-state index in [2.05, 4.69) is 0 Å². The van der Waals surface area contributed by atoms with Crippen LogP contribution >= 0.6 is 0 Å². The molecule has 0 saturated heterocycles. The Hall–Kier alpha value is -1.79. The van der Waals surface area contributed by atoms with Crippen LogP contribution in [0.15, 0.2) is 34.9 Å². The van der Waals surface area contributed by atoms with E-state index in [0.29, 0.717) is 5.56 Å². The van der Waals surface area contributed by atoms with Crippen LogP contribution in [0, 0.1) is 17.2 Å². The van der Waals surface area contributed by atoms with Gasteiger partial charge in [-0.1, -0.05) is 18.2 Å². The monoisotopic (exact) mass is 201 g/mol. The number of para-hydroxylation sites is 1. The smallest absolute Gasteiger partial charge is 0.134 e. The largest absolute Gasteiger partial charge is 0.464 e. The van der Waals surface area contributed by atoms with Crippen molar-refractivity contribution in [2.45, 2.75) is 13.0 Å². The zero-order valence-electron chi connectivity index (χ0n) is 8.34. The summed E-state index contributed by atoms with van der Waals surface area (Å²) in [5, 5.41) is 19.5. The quantitative estimate of drug-likeness (QED) is 0.812. The van der Waals surface area contributed by atoms with Crippen molar-refractivity contribution >= 4 is 11.0 Å². The standard InChI is InChI=1S/C12H11NO2/c1-8(6-13)12(14)10-7-15-11-5-3-2-4-9(10)11/h2-5,7-8,12,14H,1H3. The molecule has 0 spiro atoms. The van der Waals surface area contributed by atoms with Crippen LogP contribution in [0.3, 0.4) is 0 Å². The van der Waals surface area contributed by atoms with Crippen LogP contribution < -0.4 is 0 Å². The highest BCUT2D eigenvalue weighted by Gasteiger charge is 2.19. The van der Waals surface area contributed by atoms with Gasteiger partial charge in [-0.2, -0.15) is 5.26 Å². The Balaban J connectivity index is 2.49. The van der Waals surface area contributed by atoms with Crippen molar-refractivity contribution in [1.82, 2.24) is 0 Å². The molecule has 0 bridgehead atoms. The molecule has 0 fully saturated rings. The summed E-state index contributed by atoms with van der Waals surface area (Å²) in [5.74, 6) is -0.439. The van der Waals surface area contributed by atoms with Crippen molar-refractivity contribution in [1.29, 1.82) is 5.26 Å². The van der Waals surface area contributed by atoms with Gasteiger partial charge in [-0.25, -0.2) is 0 Å². The average molecular weight is 201 g/mol. The van der Waals surface area contributed by atoms with E-state index in [4.69, 9.17) is 9.68 Å². The molecule has 1 aromatic carbocycles. The Morgan fingerprint density at radius 1 is 1.40 bits per heavy atom. The third-order valence-corrected chi connectivity index (χ3v) is 2.51. The van der Waals surface area contributed by atoms with Crippen LogP contribution in [0.2, 0.25) is 0 Å². The maximum atomic E-state index is 9.89. The molecule has 1 heterocycles. The van der Waals surface area contributed by atoms with Crippen molar-refractivity contribution < 1.29 is 9.52 Å². The van der Waals surface area contributed by atoms with Gasteiger partial charge in [0.2, 0.25) is 0 Å². The first-order chi connectivity index (χ1) is 7.24. The number of hydrogen-bond donors (Lipinski definition) is 1. The summed E-state index contributed by atoms with van der Waals surface area (Å²) < 4.78 is 5.30. The summed E-state index contributed by atoms with van der Waals surface area (Å²) >= 11 is 0. The fraction of sp³-hybridized carbons (Fsp3) is 0.250. The number of aliphatic hydroxyl groups excluding tert-OH is 1. The lowest BCUT2D eigenvalue weighted by molar-refractivity contribution is 0.143. The summed E-state index contributed by atoms with van der Waals surface area (Å²) in [5.41, 5.74) is 1.41. The van der Waals surface area contributed by atoms with E-state index in [9.17, 15) is 5.11 Å². The highest BCUT2D eigenvalue weighted by Crippen LogP contribution is 2.30. The first-order valence-electron chi connectivity index (χ1n) is 4.78. The molecule has 76 valence electrons. The molecule has 2 rings (SSSR count). The molecule has 0 aliphatic heterocycles. The lowest BCUT2D eigenvalue weighted by Crippen LogP contribution is -2.06. The number of rotatable bonds is 2. The summed E-state index contributed by atoms with van der Waals surface area (Å²) in [6.07, 6.45) is 0.724. The lowest BCUT2D eigenvalue weighted by atomic mass is 9.98. The summed E-state index contributed by atoms with van der Waals surface area (Å²) in [6, 6.07) is 9.49. The van der Waals surface area contributed by atoms with Gasteiger partial charge in [0.15, 0.2) is 0 Å². The SMILES string of the molecule is CC(C#N)C(O)c1coc2ccccc12. The summed E-state index contributed by atoms with van der Waals surface area (Å²) in [7, 11) is 0. The molecule has 0 saturated carbocycles. The fourth-order valence-corrected chi connectivity index (χ4v) is 1.57. The summed E-state index contributed by atoms with van der Waals surface area (Å²) in [4.78, 5) is 0. The number of fused-ring (bicyclic) bond motifs is 1. The van der Waals surface area contributed by atoms with Crippen LogP contribution in [0.1, 0.15) is 18.6 Å². The second kappa shape index (κ2) is 3.76. The maximum Gasteiger partial charge on any atom is 0.134 e. The van der Waals surface area contributed by atoms with E-state index >= 15 is 0 Å². The highest BCUT2D eigenvalue weighted by molar-refractivity contribution is 5.81. The van der Waals surface area contributed by atoms with Crippen molar-refractivity contribution in [2.24, 2.45) is 5.92 Å². The Bertz CT molecular complexity index is 510. The molecule has 2 unspecified atom stereocenters. The molecular formula is C12H11NO2. The maximum absolute atomic E-state index is 9.89. The Labute approximate surface area is 87.6 Å². The van der Waals surface area contributed by atoms with Crippen molar-refractivity contribution in [3.63, 3.8) is 0 Å². The topological polar surface area (TPSA) is 57.2 Å². The molecule has 3 nitrogen and oxygen atoms in total. The molecule has 15 heavy (non-hydrogen) atoms. The van der Waals surface area contributed by atoms with Gasteiger partial charge in [-0.05, 0) is 13.0 Å². The number of nitriles is 1. The molecule has 0 aliphatic carbocycles. The minimum atomic E-state index is -0.793. The van der Waals surface area contributed by atoms with E-state index in [0.717, 1.165) is 11.0 Å². The van der Waals surface area contributed by atoms with Crippen molar-refractivity contribution in [2.75, 3.05) is 0 Å². The Kier molecular flexibility index (Phi) is 2.44. The first kappa shape index (κ1) is 9.75. The molecule has 1 N–H and O–H groups in total. The zero-order chi connectivity index (χ0) is 10.8. The van der Waals surface area contributed by atoms with E-state index in [-0.39, 0.29) is 0 Å². The van der Waals surface area contributed by atoms with Gasteiger partial charge in [0.1, 0.15) is 5.58 Å². The third kappa shape index (κ3) is 1.60. The van der Waals surface area contributed by atoms with Crippen LogP contribution in [-0.4, -0.2) is 5.11 Å². The average Bonchev–Trinajstić information content (AvgIpc) is 2.70. The molecule has 0 aliphatic rings. The van der Waals surface area contributed by atoms with Crippen molar-refractivity contribution in [3.8, 4) is 6.07 Å². The van der Waals surface area contributed by atoms with Gasteiger partial charge in [-0.15, -0.1) is 0 Å². The van der Waals surface area contributed by atoms with Gasteiger partial charge >= 0.3 is 0 Å². The van der Waals surface area contributed by atoms with E-state index in [1.165, 1.54) is 6.26 Å². The van der Waals surface area contributed by atoms with Gasteiger partial charge < -0.3 is 9.52 Å². The predicted molar refractivity (Wildman–Crippen MR) is 56.0 cm³/mol. The molecule has 0 radical (unpaired) electrons. The van der Waals surface area contributed by atoms with Gasteiger partial charge in [0.25, 0.3) is 0 Å². The van der Waals surface area contributed by atoms with Gasteiger partial charge in [0, 0.05) is 10.9 Å². The number of hydrogen-bond acceptors (Lipinski definition) is 3. The molecule has 1 aromatic heterocycles. The Morgan fingerprint density at radius 3 is 2.87 bits per heavy atom. The minimum absolute atomic E-state index is 0.439. The molecule has 2 aromatic rings. The third-order valence-electron chi connectivity index (χ3n) is 2.51. The Morgan fingerprint density at radius 2 is 2.13 bits per heavy atom. The van der Waals surface area contributed by atoms with Crippen LogP contribution in [-0.2, 0) is 0 Å². The van der Waals surface area contributed by atoms with Crippen molar-refractivity contribution in [3.05, 3.63) is 36.1 Å². The summed E-state index contributed by atoms with van der Waals surface area (Å²) in [6.45, 7) is 1.69. The van der Waals surface area contributed by atoms with E-state index < -0.39 is 12.0 Å². The normalized spacial score (nSPS) is 14.7. The number of aliphatic hydroxyl groups is 1. The molecule has 0 amide bonds. The second-order valence-corrected chi connectivity index (χ2v) is 3.55. The molecule has 3 heteroatoms. The second-order valence-electron chi connectivity index (χ2n) is 3.55. The number of furan rings is 1. The van der Waals surface area contributed by atoms with Crippen LogP contribution in [0.4, 0.5) is 0 Å². The van der Waals surface area contributed by atoms with Crippen LogP contribution in [0.5, 0.6) is 0 Å². The molecular weight excluding hydrogens is 190 g/mol. The first-order valence-corrected chi connectivity index (χ1v) is 4.78. The van der Waals surface area contributed by atoms with Gasteiger partial charge in [-0.3, -0.25) is 0 Å². The zero-order valence-corrected chi connectivity index (χ0v) is 8.34. The van der Waals surface area contributed by atoms with Crippen LogP contribution in [0.25, 0.3) is 11.0 Å². The minimum Gasteiger partial charge on any atom is -0.464 e. The lowest BCUT2D eigenvalue weighted by Gasteiger charge is -2.10. The molecule has 2 atom stereocenters. The van der Waals surface area contributed by atoms with Gasteiger partial charge in [0.05, 0.1) is 24.4 Å². The van der Waals surface area contributed by atoms with E-state index in [1.807, 2.05) is 30.3 Å². The fourth-order valence-electron chi connectivity index (χ4n) is 1.57. The number of nitrogens with zero attached hydrogens (tertiary/aromatic N) is 1. The highest BCUT2D eigenvalue weighted by atomic mass is 16.3. The van der Waals surface area contributed by atoms with E-state index in [1.54, 1.807) is 6.92 Å². The predicted octanol–water partition coefficient (Wildman–Crippen LogP) is 2.63. The number of benzene rings is 1.